The highest BCUT2D eigenvalue weighted by molar-refractivity contribution is 5.94. The summed E-state index contributed by atoms with van der Waals surface area (Å²) in [5.41, 5.74) is 8.57. The van der Waals surface area contributed by atoms with Gasteiger partial charge in [-0.05, 0) is 82.1 Å². The molecule has 0 aromatic heterocycles. The highest BCUT2D eigenvalue weighted by Crippen LogP contribution is 2.35. The summed E-state index contributed by atoms with van der Waals surface area (Å²) in [4.78, 5) is 14.6. The zero-order valence-electron chi connectivity index (χ0n) is 24.0. The molecule has 0 aliphatic carbocycles. The molecule has 2 saturated heterocycles. The van der Waals surface area contributed by atoms with Crippen LogP contribution in [-0.2, 0) is 6.42 Å². The molecule has 2 fully saturated rings. The van der Waals surface area contributed by atoms with E-state index in [0.717, 1.165) is 68.1 Å². The lowest BCUT2D eigenvalue weighted by molar-refractivity contribution is 0.228. The smallest absolute Gasteiger partial charge is 0.134 e. The molecule has 2 bridgehead atoms. The van der Waals surface area contributed by atoms with Crippen molar-refractivity contribution < 1.29 is 0 Å². The molecule has 5 rings (SSSR count). The minimum Gasteiger partial charge on any atom is -0.371 e. The number of fused-ring (bicyclic) bond motifs is 5. The first-order valence-electron chi connectivity index (χ1n) is 14.3. The summed E-state index contributed by atoms with van der Waals surface area (Å²) in [5, 5.41) is 0. The predicted molar refractivity (Wildman–Crippen MR) is 161 cm³/mol. The van der Waals surface area contributed by atoms with Gasteiger partial charge in [-0.1, -0.05) is 37.4 Å². The van der Waals surface area contributed by atoms with Crippen LogP contribution in [0.5, 0.6) is 0 Å². The number of aryl methyl sites for hydroxylation is 2. The van der Waals surface area contributed by atoms with Crippen molar-refractivity contribution in [2.45, 2.75) is 70.9 Å². The van der Waals surface area contributed by atoms with E-state index in [2.05, 4.69) is 91.1 Å². The summed E-state index contributed by atoms with van der Waals surface area (Å²) in [6, 6.07) is 7.71. The van der Waals surface area contributed by atoms with E-state index in [-0.39, 0.29) is 6.04 Å². The molecule has 4 aliphatic heterocycles. The van der Waals surface area contributed by atoms with Gasteiger partial charge in [-0.2, -0.15) is 0 Å². The van der Waals surface area contributed by atoms with Gasteiger partial charge in [0.15, 0.2) is 0 Å². The molecule has 2 atom stereocenters. The monoisotopic (exact) mass is 511 g/mol. The fourth-order valence-corrected chi connectivity index (χ4v) is 6.64. The molecule has 0 saturated carbocycles. The Balaban J connectivity index is 1.56. The SMILES string of the molecule is C=C1/C=C2/N=C(C)C=C(N(C)CCN3C(=C)CCC3CCc3ccc(C)cc3C(=C)N3CCCCC13)N2C. The largest absolute Gasteiger partial charge is 0.371 e. The standard InChI is InChI=1S/C33H45N5/c1-23-11-13-28-14-16-29-15-12-26(4)37(29)19-18-35(6)33-22-25(3)34-32(36(33)7)21-24(2)31-10-8-9-17-38(31)27(5)30(28)20-23/h11,13,20-22,29,31H,2,4-5,8-10,12,14-19H2,1,3,6-7H3/b32-21-. The number of benzene rings is 1. The maximum atomic E-state index is 4.93. The van der Waals surface area contributed by atoms with Crippen LogP contribution in [-0.4, -0.2) is 71.1 Å². The molecule has 0 spiro atoms. The first-order valence-corrected chi connectivity index (χ1v) is 14.3. The van der Waals surface area contributed by atoms with E-state index in [9.17, 15) is 0 Å². The van der Waals surface area contributed by atoms with Crippen molar-refractivity contribution in [2.75, 3.05) is 33.7 Å². The van der Waals surface area contributed by atoms with E-state index >= 15 is 0 Å². The molecule has 1 aromatic rings. The van der Waals surface area contributed by atoms with Gasteiger partial charge >= 0.3 is 0 Å². The van der Waals surface area contributed by atoms with Crippen LogP contribution in [0, 0.1) is 6.92 Å². The normalized spacial score (nSPS) is 26.6. The second-order valence-corrected chi connectivity index (χ2v) is 11.6. The Morgan fingerprint density at radius 3 is 2.47 bits per heavy atom. The third-order valence-corrected chi connectivity index (χ3v) is 8.91. The fraction of sp³-hybridized carbons (Fsp3) is 0.485. The van der Waals surface area contributed by atoms with Crippen LogP contribution in [0.4, 0.5) is 0 Å². The van der Waals surface area contributed by atoms with Gasteiger partial charge in [0.1, 0.15) is 11.6 Å². The highest BCUT2D eigenvalue weighted by Gasteiger charge is 2.30. The average molecular weight is 512 g/mol. The van der Waals surface area contributed by atoms with Crippen LogP contribution < -0.4 is 0 Å². The molecule has 4 heterocycles. The van der Waals surface area contributed by atoms with Gasteiger partial charge in [0.25, 0.3) is 0 Å². The zero-order chi connectivity index (χ0) is 27.0. The molecule has 0 N–H and O–H groups in total. The molecular formula is C33H45N5. The molecule has 0 amide bonds. The molecule has 4 aliphatic rings. The summed E-state index contributed by atoms with van der Waals surface area (Å²) >= 11 is 0. The van der Waals surface area contributed by atoms with Crippen molar-refractivity contribution in [3.63, 3.8) is 0 Å². The molecule has 0 radical (unpaired) electrons. The lowest BCUT2D eigenvalue weighted by Gasteiger charge is -2.40. The van der Waals surface area contributed by atoms with Gasteiger partial charge in [0.2, 0.25) is 0 Å². The van der Waals surface area contributed by atoms with Crippen LogP contribution in [0.3, 0.4) is 0 Å². The van der Waals surface area contributed by atoms with Crippen molar-refractivity contribution in [3.8, 4) is 0 Å². The summed E-state index contributed by atoms with van der Waals surface area (Å²) in [5.74, 6) is 2.13. The second-order valence-electron chi connectivity index (χ2n) is 11.6. The van der Waals surface area contributed by atoms with Gasteiger partial charge in [0, 0.05) is 68.5 Å². The fourth-order valence-electron chi connectivity index (χ4n) is 6.64. The molecule has 38 heavy (non-hydrogen) atoms. The van der Waals surface area contributed by atoms with E-state index in [4.69, 9.17) is 11.6 Å². The average Bonchev–Trinajstić information content (AvgIpc) is 3.26. The molecular weight excluding hydrogens is 466 g/mol. The molecule has 5 heteroatoms. The number of aliphatic imine (C=N–C) groups is 1. The molecule has 202 valence electrons. The Bertz CT molecular complexity index is 1220. The Kier molecular flexibility index (Phi) is 7.56. The van der Waals surface area contributed by atoms with Crippen LogP contribution in [0.15, 0.2) is 78.0 Å². The Morgan fingerprint density at radius 2 is 1.66 bits per heavy atom. The maximum Gasteiger partial charge on any atom is 0.134 e. The predicted octanol–water partition coefficient (Wildman–Crippen LogP) is 6.32. The van der Waals surface area contributed by atoms with Gasteiger partial charge < -0.3 is 19.6 Å². The zero-order valence-corrected chi connectivity index (χ0v) is 24.0. The lowest BCUT2D eigenvalue weighted by Crippen LogP contribution is -2.40. The van der Waals surface area contributed by atoms with Crippen molar-refractivity contribution in [2.24, 2.45) is 4.99 Å². The quantitative estimate of drug-likeness (QED) is 0.407. The van der Waals surface area contributed by atoms with E-state index < -0.39 is 0 Å². The number of rotatable bonds is 0. The summed E-state index contributed by atoms with van der Waals surface area (Å²) in [6.45, 7) is 20.9. The Labute approximate surface area is 230 Å². The number of nitrogens with zero attached hydrogens (tertiary/aromatic N) is 5. The number of hydrogen-bond acceptors (Lipinski definition) is 5. The van der Waals surface area contributed by atoms with Crippen LogP contribution >= 0.6 is 0 Å². The Hall–Kier alpha value is -3.21. The third kappa shape index (κ3) is 5.21. The van der Waals surface area contributed by atoms with E-state index in [1.165, 1.54) is 47.5 Å². The maximum absolute atomic E-state index is 4.93. The van der Waals surface area contributed by atoms with Crippen LogP contribution in [0.25, 0.3) is 5.70 Å². The molecule has 1 aromatic carbocycles. The highest BCUT2D eigenvalue weighted by atomic mass is 15.4. The number of hydrogen-bond donors (Lipinski definition) is 0. The summed E-state index contributed by atoms with van der Waals surface area (Å²) < 4.78 is 0. The van der Waals surface area contributed by atoms with Crippen molar-refractivity contribution in [3.05, 3.63) is 89.7 Å². The van der Waals surface area contributed by atoms with Crippen LogP contribution in [0.2, 0.25) is 0 Å². The lowest BCUT2D eigenvalue weighted by atomic mass is 9.91. The first-order chi connectivity index (χ1) is 18.2. The van der Waals surface area contributed by atoms with Gasteiger partial charge in [-0.15, -0.1) is 0 Å². The number of piperidine rings is 1. The van der Waals surface area contributed by atoms with Gasteiger partial charge in [-0.3, -0.25) is 0 Å². The summed E-state index contributed by atoms with van der Waals surface area (Å²) in [6.07, 6.45) is 12.4. The topological polar surface area (TPSA) is 25.3 Å². The summed E-state index contributed by atoms with van der Waals surface area (Å²) in [7, 11) is 4.32. The van der Waals surface area contributed by atoms with Gasteiger partial charge in [0.05, 0.1) is 6.04 Å². The van der Waals surface area contributed by atoms with E-state index in [1.54, 1.807) is 0 Å². The number of likely N-dealkylation sites (N-methyl/N-ethyl adjacent to an activating group) is 1. The van der Waals surface area contributed by atoms with Crippen molar-refractivity contribution in [1.29, 1.82) is 0 Å². The molecule has 5 nitrogen and oxygen atoms in total. The van der Waals surface area contributed by atoms with Gasteiger partial charge in [-0.25, -0.2) is 4.99 Å². The van der Waals surface area contributed by atoms with Crippen molar-refractivity contribution in [1.82, 2.24) is 19.6 Å². The van der Waals surface area contributed by atoms with E-state index in [1.807, 2.05) is 0 Å². The first kappa shape index (κ1) is 26.4. The number of allylic oxidation sites excluding steroid dienone is 2. The van der Waals surface area contributed by atoms with Crippen LogP contribution in [0.1, 0.15) is 62.1 Å². The Morgan fingerprint density at radius 1 is 0.868 bits per heavy atom. The minimum absolute atomic E-state index is 0.234. The van der Waals surface area contributed by atoms with Crippen molar-refractivity contribution >= 4 is 11.4 Å². The van der Waals surface area contributed by atoms with E-state index in [0.29, 0.717) is 6.04 Å². The second kappa shape index (κ2) is 10.9. The third-order valence-electron chi connectivity index (χ3n) is 8.91. The minimum atomic E-state index is 0.234. The molecule has 2 unspecified atom stereocenters.